The molecule has 0 radical (unpaired) electrons. The van der Waals surface area contributed by atoms with Gasteiger partial charge in [-0.2, -0.15) is 26.3 Å². The van der Waals surface area contributed by atoms with E-state index in [-0.39, 0.29) is 6.42 Å². The molecule has 1 heterocycles. The third-order valence-corrected chi connectivity index (χ3v) is 5.07. The lowest BCUT2D eigenvalue weighted by molar-refractivity contribution is -0.315. The van der Waals surface area contributed by atoms with E-state index in [2.05, 4.69) is 11.3 Å². The second-order valence-corrected chi connectivity index (χ2v) is 6.52. The van der Waals surface area contributed by atoms with E-state index in [1.165, 1.54) is 0 Å². The van der Waals surface area contributed by atoms with Crippen LogP contribution in [-0.2, 0) is 28.6 Å². The maximum absolute atomic E-state index is 12.6. The van der Waals surface area contributed by atoms with Crippen LogP contribution in [0, 0.1) is 23.7 Å². The fourth-order valence-electron chi connectivity index (χ4n) is 4.16. The number of carbonyl (C=O) groups excluding carboxylic acids is 3. The molecule has 0 aromatic carbocycles. The van der Waals surface area contributed by atoms with E-state index >= 15 is 0 Å². The molecule has 1 aliphatic heterocycles. The largest absolute Gasteiger partial charge is 0.458 e. The van der Waals surface area contributed by atoms with Gasteiger partial charge in [-0.3, -0.25) is 9.59 Å². The van der Waals surface area contributed by atoms with Crippen LogP contribution in [0.15, 0.2) is 12.7 Å². The van der Waals surface area contributed by atoms with Crippen molar-refractivity contribution in [2.45, 2.75) is 37.1 Å². The predicted octanol–water partition coefficient (Wildman–Crippen LogP) is 1.93. The topological polar surface area (TPSA) is 78.9 Å². The normalized spacial score (nSPS) is 34.6. The van der Waals surface area contributed by atoms with Gasteiger partial charge >= 0.3 is 30.3 Å². The quantitative estimate of drug-likeness (QED) is 0.310. The van der Waals surface area contributed by atoms with Crippen LogP contribution in [0.1, 0.15) is 6.42 Å². The van der Waals surface area contributed by atoms with Gasteiger partial charge in [0.2, 0.25) is 0 Å². The van der Waals surface area contributed by atoms with Gasteiger partial charge in [0, 0.05) is 17.9 Å². The highest BCUT2D eigenvalue weighted by atomic mass is 19.4. The summed E-state index contributed by atoms with van der Waals surface area (Å²) in [5, 5.41) is 0. The summed E-state index contributed by atoms with van der Waals surface area (Å²) in [6.45, 7) is 3.16. The molecule has 3 fully saturated rings. The fourth-order valence-corrected chi connectivity index (χ4v) is 4.16. The van der Waals surface area contributed by atoms with Crippen molar-refractivity contribution in [3.8, 4) is 0 Å². The Kier molecular flexibility index (Phi) is 4.42. The van der Waals surface area contributed by atoms with Crippen LogP contribution in [-0.4, -0.2) is 48.6 Å². The van der Waals surface area contributed by atoms with Crippen molar-refractivity contribution in [1.82, 2.24) is 0 Å². The number of fused-ring (bicyclic) bond motifs is 1. The van der Waals surface area contributed by atoms with Crippen LogP contribution >= 0.6 is 0 Å². The van der Waals surface area contributed by atoms with Crippen LogP contribution in [0.4, 0.5) is 26.3 Å². The summed E-state index contributed by atoms with van der Waals surface area (Å²) in [5.74, 6) is -8.20. The first-order chi connectivity index (χ1) is 12.4. The molecule has 0 spiro atoms. The summed E-state index contributed by atoms with van der Waals surface area (Å²) in [4.78, 5) is 35.6. The van der Waals surface area contributed by atoms with E-state index in [1.807, 2.05) is 0 Å². The summed E-state index contributed by atoms with van der Waals surface area (Å²) in [7, 11) is 0. The highest BCUT2D eigenvalue weighted by molar-refractivity contribution is 5.87. The number of hydrogen-bond acceptors (Lipinski definition) is 6. The van der Waals surface area contributed by atoms with E-state index in [0.717, 1.165) is 6.08 Å². The number of rotatable bonds is 4. The van der Waals surface area contributed by atoms with E-state index in [1.54, 1.807) is 0 Å². The van der Waals surface area contributed by atoms with Gasteiger partial charge in [-0.25, -0.2) is 4.79 Å². The summed E-state index contributed by atoms with van der Waals surface area (Å²) in [5.41, 5.74) is 0. The Bertz CT molecular complexity index is 671. The fraction of sp³-hybridized carbons (Fsp3) is 0.667. The molecule has 2 aliphatic carbocycles. The first kappa shape index (κ1) is 19.5. The molecule has 0 amide bonds. The molecule has 6 nitrogen and oxygen atoms in total. The Hall–Kier alpha value is -2.27. The smallest absolute Gasteiger partial charge is 0.434 e. The standard InChI is InChI=1S/C15H12F6O6/c1-2-6(22)25-9-4-3-5-7(11(23)26-10(5)9)8(4)12(24)27-13(14(16,17)18)15(19,20)21/h2,4-5,7-10,13H,1,3H2. The molecule has 6 unspecified atom stereocenters. The lowest BCUT2D eigenvalue weighted by atomic mass is 9.78. The molecule has 0 aromatic heterocycles. The minimum absolute atomic E-state index is 0.0681. The average molecular weight is 402 g/mol. The number of alkyl halides is 6. The number of carbonyl (C=O) groups is 3. The maximum Gasteiger partial charge on any atom is 0.434 e. The summed E-state index contributed by atoms with van der Waals surface area (Å²) >= 11 is 0. The second kappa shape index (κ2) is 6.13. The highest BCUT2D eigenvalue weighted by Gasteiger charge is 2.71. The van der Waals surface area contributed by atoms with Gasteiger partial charge in [0.25, 0.3) is 6.10 Å². The third-order valence-electron chi connectivity index (χ3n) is 5.07. The molecule has 1 saturated heterocycles. The van der Waals surface area contributed by atoms with Gasteiger partial charge in [0.1, 0.15) is 12.2 Å². The van der Waals surface area contributed by atoms with Crippen LogP contribution in [0.5, 0.6) is 0 Å². The molecule has 27 heavy (non-hydrogen) atoms. The molecule has 0 aromatic rings. The third kappa shape index (κ3) is 3.14. The molecule has 2 saturated carbocycles. The number of halogens is 6. The van der Waals surface area contributed by atoms with E-state index < -0.39 is 72.2 Å². The predicted molar refractivity (Wildman–Crippen MR) is 70.5 cm³/mol. The van der Waals surface area contributed by atoms with Gasteiger partial charge in [0.05, 0.1) is 11.8 Å². The van der Waals surface area contributed by atoms with Crippen LogP contribution < -0.4 is 0 Å². The zero-order valence-electron chi connectivity index (χ0n) is 13.3. The van der Waals surface area contributed by atoms with Crippen molar-refractivity contribution in [2.75, 3.05) is 0 Å². The van der Waals surface area contributed by atoms with Crippen molar-refractivity contribution < 1.29 is 54.9 Å². The molecule has 0 N–H and O–H groups in total. The van der Waals surface area contributed by atoms with Gasteiger partial charge < -0.3 is 14.2 Å². The van der Waals surface area contributed by atoms with Crippen molar-refractivity contribution in [2.24, 2.45) is 23.7 Å². The first-order valence-corrected chi connectivity index (χ1v) is 7.73. The van der Waals surface area contributed by atoms with E-state index in [9.17, 15) is 40.7 Å². The monoisotopic (exact) mass is 402 g/mol. The summed E-state index contributed by atoms with van der Waals surface area (Å²) < 4.78 is 89.6. The SMILES string of the molecule is C=CC(=O)OC1C2CC3C1OC(=O)C3C2C(=O)OC(C(F)(F)F)C(F)(F)F. The number of ether oxygens (including phenoxy) is 3. The molecule has 3 rings (SSSR count). The Balaban J connectivity index is 1.85. The zero-order chi connectivity index (χ0) is 20.3. The molecule has 150 valence electrons. The lowest BCUT2D eigenvalue weighted by Crippen LogP contribution is -2.49. The van der Waals surface area contributed by atoms with Crippen molar-refractivity contribution in [3.05, 3.63) is 12.7 Å². The van der Waals surface area contributed by atoms with Crippen LogP contribution in [0.3, 0.4) is 0 Å². The van der Waals surface area contributed by atoms with Gasteiger partial charge in [-0.1, -0.05) is 6.58 Å². The Morgan fingerprint density at radius 1 is 1.15 bits per heavy atom. The highest BCUT2D eigenvalue weighted by Crippen LogP contribution is 2.59. The van der Waals surface area contributed by atoms with Gasteiger partial charge in [-0.15, -0.1) is 0 Å². The van der Waals surface area contributed by atoms with Gasteiger partial charge in [-0.05, 0) is 6.42 Å². The minimum Gasteiger partial charge on any atom is -0.458 e. The van der Waals surface area contributed by atoms with E-state index in [4.69, 9.17) is 9.47 Å². The first-order valence-electron chi connectivity index (χ1n) is 7.73. The van der Waals surface area contributed by atoms with Crippen molar-refractivity contribution in [1.29, 1.82) is 0 Å². The number of esters is 3. The molecule has 2 bridgehead atoms. The summed E-state index contributed by atoms with van der Waals surface area (Å²) in [6.07, 6.45) is -17.3. The summed E-state index contributed by atoms with van der Waals surface area (Å²) in [6, 6.07) is 0. The Morgan fingerprint density at radius 3 is 2.26 bits per heavy atom. The second-order valence-electron chi connectivity index (χ2n) is 6.52. The minimum atomic E-state index is -5.88. The van der Waals surface area contributed by atoms with Crippen LogP contribution in [0.2, 0.25) is 0 Å². The molecular weight excluding hydrogens is 390 g/mol. The molecule has 12 heteroatoms. The van der Waals surface area contributed by atoms with Crippen molar-refractivity contribution in [3.63, 3.8) is 0 Å². The lowest BCUT2D eigenvalue weighted by Gasteiger charge is -2.31. The van der Waals surface area contributed by atoms with Crippen molar-refractivity contribution >= 4 is 17.9 Å². The molecular formula is C15H12F6O6. The Labute approximate surface area is 147 Å². The van der Waals surface area contributed by atoms with Gasteiger partial charge in [0.15, 0.2) is 0 Å². The maximum atomic E-state index is 12.6. The molecule has 3 aliphatic rings. The van der Waals surface area contributed by atoms with E-state index in [0.29, 0.717) is 0 Å². The zero-order valence-corrected chi connectivity index (χ0v) is 13.3. The average Bonchev–Trinajstić information content (AvgIpc) is 3.13. The Morgan fingerprint density at radius 2 is 1.74 bits per heavy atom. The molecule has 6 atom stereocenters. The number of hydrogen-bond donors (Lipinski definition) is 0. The van der Waals surface area contributed by atoms with Crippen LogP contribution in [0.25, 0.3) is 0 Å².